The van der Waals surface area contributed by atoms with Gasteiger partial charge in [-0.2, -0.15) is 10.4 Å². The summed E-state index contributed by atoms with van der Waals surface area (Å²) < 4.78 is 0. The molecule has 0 amide bonds. The second-order valence-electron chi connectivity index (χ2n) is 4.22. The van der Waals surface area contributed by atoms with E-state index in [-0.39, 0.29) is 5.54 Å². The zero-order valence-electron chi connectivity index (χ0n) is 11.1. The Bertz CT molecular complexity index is 359. The first-order valence-electron chi connectivity index (χ1n) is 6.40. The number of nitriles is 1. The average Bonchev–Trinajstić information content (AvgIpc) is 2.92. The smallest absolute Gasteiger partial charge is 0.183 e. The van der Waals surface area contributed by atoms with E-state index in [4.69, 9.17) is 0 Å². The molecule has 0 radical (unpaired) electrons. The van der Waals surface area contributed by atoms with Gasteiger partial charge in [0.2, 0.25) is 0 Å². The molecule has 1 atom stereocenters. The fraction of sp³-hybridized carbons (Fsp3) is 0.750. The lowest BCUT2D eigenvalue weighted by atomic mass is 9.92. The highest BCUT2D eigenvalue weighted by atomic mass is 32.2. The fourth-order valence-electron chi connectivity index (χ4n) is 1.74. The molecular weight excluding hydrogens is 246 g/mol. The summed E-state index contributed by atoms with van der Waals surface area (Å²) in [5.41, 5.74) is -0.363. The van der Waals surface area contributed by atoms with Crippen LogP contribution in [0.3, 0.4) is 0 Å². The Hall–Kier alpha value is -1.06. The second-order valence-corrected chi connectivity index (χ2v) is 5.30. The molecule has 1 heterocycles. The maximum atomic E-state index is 9.34. The summed E-state index contributed by atoms with van der Waals surface area (Å²) in [5.74, 6) is 0.951. The van der Waals surface area contributed by atoms with Crippen LogP contribution in [-0.2, 0) is 0 Å². The molecule has 100 valence electrons. The molecule has 6 heteroatoms. The van der Waals surface area contributed by atoms with Crippen LogP contribution in [0.15, 0.2) is 11.5 Å². The van der Waals surface area contributed by atoms with Gasteiger partial charge in [0.1, 0.15) is 11.9 Å². The third-order valence-electron chi connectivity index (χ3n) is 2.91. The zero-order chi connectivity index (χ0) is 13.3. The molecule has 0 saturated carbocycles. The first kappa shape index (κ1) is 15.0. The van der Waals surface area contributed by atoms with Gasteiger partial charge in [0.15, 0.2) is 5.16 Å². The molecule has 18 heavy (non-hydrogen) atoms. The van der Waals surface area contributed by atoms with Crippen molar-refractivity contribution in [2.45, 2.75) is 50.2 Å². The van der Waals surface area contributed by atoms with Crippen LogP contribution in [0.4, 0.5) is 0 Å². The molecule has 0 spiro atoms. The lowest BCUT2D eigenvalue weighted by Crippen LogP contribution is -2.43. The van der Waals surface area contributed by atoms with Gasteiger partial charge in [-0.3, -0.25) is 10.4 Å². The van der Waals surface area contributed by atoms with Crippen molar-refractivity contribution in [3.05, 3.63) is 6.33 Å². The normalized spacial score (nSPS) is 14.1. The van der Waals surface area contributed by atoms with Gasteiger partial charge in [0.05, 0.1) is 6.07 Å². The number of rotatable bonds is 9. The van der Waals surface area contributed by atoms with Gasteiger partial charge in [-0.05, 0) is 32.2 Å². The molecule has 5 nitrogen and oxygen atoms in total. The molecule has 1 aromatic heterocycles. The summed E-state index contributed by atoms with van der Waals surface area (Å²) in [6, 6.07) is 2.44. The van der Waals surface area contributed by atoms with E-state index < -0.39 is 0 Å². The highest BCUT2D eigenvalue weighted by Crippen LogP contribution is 2.20. The number of nitrogens with one attached hydrogen (secondary N) is 2. The van der Waals surface area contributed by atoms with E-state index in [0.717, 1.165) is 43.1 Å². The van der Waals surface area contributed by atoms with Gasteiger partial charge in [-0.25, -0.2) is 4.98 Å². The van der Waals surface area contributed by atoms with Crippen LogP contribution in [0.25, 0.3) is 0 Å². The van der Waals surface area contributed by atoms with Crippen molar-refractivity contribution in [3.8, 4) is 6.07 Å². The minimum Gasteiger partial charge on any atom is -0.299 e. The quantitative estimate of drug-likeness (QED) is 0.530. The van der Waals surface area contributed by atoms with E-state index in [9.17, 15) is 5.26 Å². The predicted octanol–water partition coefficient (Wildman–Crippen LogP) is 2.35. The molecule has 0 aliphatic heterocycles. The van der Waals surface area contributed by atoms with E-state index >= 15 is 0 Å². The molecule has 0 saturated heterocycles. The zero-order valence-corrected chi connectivity index (χ0v) is 11.9. The molecule has 0 bridgehead atoms. The van der Waals surface area contributed by atoms with E-state index in [1.54, 1.807) is 11.8 Å². The van der Waals surface area contributed by atoms with Crippen molar-refractivity contribution in [1.82, 2.24) is 20.5 Å². The maximum Gasteiger partial charge on any atom is 0.183 e. The first-order chi connectivity index (χ1) is 8.76. The number of thioether (sulfide) groups is 1. The number of H-pyrrole nitrogens is 1. The predicted molar refractivity (Wildman–Crippen MR) is 73.3 cm³/mol. The van der Waals surface area contributed by atoms with E-state index in [1.807, 2.05) is 0 Å². The average molecular weight is 267 g/mol. The minimum absolute atomic E-state index is 0.363. The van der Waals surface area contributed by atoms with E-state index in [1.165, 1.54) is 6.33 Å². The molecule has 1 aromatic rings. The maximum absolute atomic E-state index is 9.34. The summed E-state index contributed by atoms with van der Waals surface area (Å²) >= 11 is 1.65. The molecule has 0 aromatic carbocycles. The largest absolute Gasteiger partial charge is 0.299 e. The second kappa shape index (κ2) is 8.11. The number of aromatic nitrogens is 3. The van der Waals surface area contributed by atoms with Crippen LogP contribution < -0.4 is 5.32 Å². The van der Waals surface area contributed by atoms with Crippen molar-refractivity contribution in [2.75, 3.05) is 12.3 Å². The Morgan fingerprint density at radius 2 is 2.39 bits per heavy atom. The number of nitrogens with zero attached hydrogens (tertiary/aromatic N) is 3. The third-order valence-corrected chi connectivity index (χ3v) is 3.87. The standard InChI is InChI=1S/C12H21N5S/c1-3-7-15-12(4-2,9-13)6-5-8-18-11-14-10-16-17-11/h10,15H,3-8H2,1-2H3,(H,14,16,17). The summed E-state index contributed by atoms with van der Waals surface area (Å²) in [6.45, 7) is 5.08. The lowest BCUT2D eigenvalue weighted by molar-refractivity contribution is 0.371. The number of aromatic amines is 1. The van der Waals surface area contributed by atoms with Crippen LogP contribution >= 0.6 is 11.8 Å². The SMILES string of the molecule is CCCNC(C#N)(CC)CCCSc1ncn[nH]1. The van der Waals surface area contributed by atoms with Gasteiger partial charge >= 0.3 is 0 Å². The molecule has 1 rings (SSSR count). The molecule has 0 fully saturated rings. The summed E-state index contributed by atoms with van der Waals surface area (Å²) in [7, 11) is 0. The van der Waals surface area contributed by atoms with Crippen LogP contribution in [-0.4, -0.2) is 33.0 Å². The topological polar surface area (TPSA) is 77.4 Å². The third kappa shape index (κ3) is 4.67. The van der Waals surface area contributed by atoms with Gasteiger partial charge in [-0.1, -0.05) is 25.6 Å². The van der Waals surface area contributed by atoms with Gasteiger partial charge in [0.25, 0.3) is 0 Å². The van der Waals surface area contributed by atoms with Crippen LogP contribution in [0.1, 0.15) is 39.5 Å². The first-order valence-corrected chi connectivity index (χ1v) is 7.39. The molecule has 2 N–H and O–H groups in total. The summed E-state index contributed by atoms with van der Waals surface area (Å²) in [6.07, 6.45) is 5.27. The Labute approximate surface area is 113 Å². The molecule has 1 unspecified atom stereocenters. The fourth-order valence-corrected chi connectivity index (χ4v) is 2.46. The van der Waals surface area contributed by atoms with Crippen molar-refractivity contribution in [2.24, 2.45) is 0 Å². The Morgan fingerprint density at radius 1 is 1.56 bits per heavy atom. The summed E-state index contributed by atoms with van der Waals surface area (Å²) in [5, 5.41) is 20.2. The molecular formula is C12H21N5S. The van der Waals surface area contributed by atoms with Gasteiger partial charge in [-0.15, -0.1) is 0 Å². The van der Waals surface area contributed by atoms with Crippen molar-refractivity contribution < 1.29 is 0 Å². The van der Waals surface area contributed by atoms with Crippen LogP contribution in [0.5, 0.6) is 0 Å². The van der Waals surface area contributed by atoms with Gasteiger partial charge < -0.3 is 0 Å². The Balaban J connectivity index is 2.31. The molecule has 0 aliphatic rings. The van der Waals surface area contributed by atoms with Crippen molar-refractivity contribution in [3.63, 3.8) is 0 Å². The molecule has 0 aliphatic carbocycles. The van der Waals surface area contributed by atoms with Crippen LogP contribution in [0.2, 0.25) is 0 Å². The Kier molecular flexibility index (Phi) is 6.76. The number of hydrogen-bond donors (Lipinski definition) is 2. The van der Waals surface area contributed by atoms with Gasteiger partial charge in [0, 0.05) is 5.75 Å². The minimum atomic E-state index is -0.363. The highest BCUT2D eigenvalue weighted by Gasteiger charge is 2.26. The summed E-state index contributed by atoms with van der Waals surface area (Å²) in [4.78, 5) is 4.06. The highest BCUT2D eigenvalue weighted by molar-refractivity contribution is 7.99. The van der Waals surface area contributed by atoms with Crippen LogP contribution in [0, 0.1) is 11.3 Å². The number of hydrogen-bond acceptors (Lipinski definition) is 5. The Morgan fingerprint density at radius 3 is 2.94 bits per heavy atom. The lowest BCUT2D eigenvalue weighted by Gasteiger charge is -2.26. The monoisotopic (exact) mass is 267 g/mol. The van der Waals surface area contributed by atoms with Crippen molar-refractivity contribution >= 4 is 11.8 Å². The van der Waals surface area contributed by atoms with E-state index in [0.29, 0.717) is 0 Å². The van der Waals surface area contributed by atoms with Crippen molar-refractivity contribution in [1.29, 1.82) is 5.26 Å². The van der Waals surface area contributed by atoms with E-state index in [2.05, 4.69) is 40.4 Å².